The standard InChI is InChI=1S/C21H26N4O3.C17H16N4O3.C17H17N3O4.C4H9N.C4H6O4.C2H3BO2.CH2O2.Na/c1-27-10-11-28-21-22-13-18-12-19(26)25(20(18)23-21)15-17-6-4-16(5-7-17)14-24-8-2-3-9-24;1-23-6-7-24-17-19-10-14-8-15(22)21(16(14)20-17)11-13-4-2-12(9-18)3-5-13;1-23-6-7-24-17-18-9-14-8-15(22)20(16(14)19-17)10-12-2-4-13(11-21)5-3-12;1-2-4-5-3-1;1-3(5)7-8-4(2)6;1-2(4)5-3;2-1-3;/h4-7,13H,2-3,8-12,14-15H2,1H3;2-5,10H,6-8,11H2,1H3;2-5,9,11H,6-8,10H2,1H3;5H,1-4H2;1-2H3;1H3;1H,(H,2,3);/q;;;;;-1;;+1. The monoisotopic (exact) mass is 1360 g/mol. The third-order valence-corrected chi connectivity index (χ3v) is 14.0. The molecule has 2 fully saturated rings. The van der Waals surface area contributed by atoms with Gasteiger partial charge in [0.25, 0.3) is 6.47 Å². The van der Waals surface area contributed by atoms with Crippen molar-refractivity contribution in [2.24, 2.45) is 0 Å². The summed E-state index contributed by atoms with van der Waals surface area (Å²) in [6, 6.07) is 25.6. The Morgan fingerprint density at radius 3 is 1.15 bits per heavy atom. The van der Waals surface area contributed by atoms with Gasteiger partial charge in [0.1, 0.15) is 43.6 Å². The van der Waals surface area contributed by atoms with Gasteiger partial charge in [-0.3, -0.25) is 48.4 Å². The Morgan fingerprint density at radius 2 is 0.867 bits per heavy atom. The molecule has 0 saturated carbocycles. The fourth-order valence-corrected chi connectivity index (χ4v) is 9.32. The zero-order valence-electron chi connectivity index (χ0n) is 56.0. The van der Waals surface area contributed by atoms with Crippen molar-refractivity contribution in [1.29, 1.82) is 5.26 Å². The number of nitrogens with zero attached hydrogens (tertiary/aromatic N) is 11. The second-order valence-corrected chi connectivity index (χ2v) is 21.3. The van der Waals surface area contributed by atoms with Crippen LogP contribution >= 0.6 is 0 Å². The zero-order chi connectivity index (χ0) is 70.3. The molecule has 30 nitrogen and oxygen atoms in total. The minimum atomic E-state index is -0.639. The van der Waals surface area contributed by atoms with Crippen molar-refractivity contribution in [3.05, 3.63) is 141 Å². The van der Waals surface area contributed by atoms with Gasteiger partial charge in [0.2, 0.25) is 23.7 Å². The van der Waals surface area contributed by atoms with E-state index in [9.17, 15) is 33.6 Å². The summed E-state index contributed by atoms with van der Waals surface area (Å²) in [4.78, 5) is 126. The van der Waals surface area contributed by atoms with Gasteiger partial charge < -0.3 is 51.5 Å². The van der Waals surface area contributed by atoms with Gasteiger partial charge in [-0.05, 0) is 86.2 Å². The van der Waals surface area contributed by atoms with Crippen molar-refractivity contribution in [2.45, 2.75) is 91.9 Å². The van der Waals surface area contributed by atoms with Crippen LogP contribution in [0.2, 0.25) is 0 Å². The summed E-state index contributed by atoms with van der Waals surface area (Å²) in [7, 11) is 9.11. The molecule has 0 aliphatic carbocycles. The van der Waals surface area contributed by atoms with Crippen molar-refractivity contribution in [2.75, 3.05) is 102 Å². The molecule has 32 heteroatoms. The second-order valence-electron chi connectivity index (χ2n) is 21.3. The summed E-state index contributed by atoms with van der Waals surface area (Å²) in [5.41, 5.74) is 7.84. The first-order chi connectivity index (χ1) is 46.9. The predicted molar refractivity (Wildman–Crippen MR) is 349 cm³/mol. The van der Waals surface area contributed by atoms with Crippen LogP contribution in [0.15, 0.2) is 91.4 Å². The fourth-order valence-electron chi connectivity index (χ4n) is 9.32. The third-order valence-electron chi connectivity index (χ3n) is 14.0. The predicted octanol–water partition coefficient (Wildman–Crippen LogP) is 1.79. The molecule has 0 unspecified atom stereocenters. The Labute approximate surface area is 591 Å². The van der Waals surface area contributed by atoms with Crippen LogP contribution in [0.5, 0.6) is 18.0 Å². The number of amides is 3. The number of carbonyl (C=O) groups excluding carboxylic acids is 7. The smallest absolute Gasteiger partial charge is 0.793 e. The van der Waals surface area contributed by atoms with Gasteiger partial charge in [0, 0.05) is 89.5 Å². The third kappa shape index (κ3) is 28.4. The molecular weight excluding hydrogens is 1280 g/mol. The van der Waals surface area contributed by atoms with Gasteiger partial charge in [-0.2, -0.15) is 20.2 Å². The molecule has 515 valence electrons. The maximum Gasteiger partial charge on any atom is 1.00 e. The number of benzene rings is 3. The number of aldehydes is 1. The summed E-state index contributed by atoms with van der Waals surface area (Å²) < 4.78 is 34.8. The summed E-state index contributed by atoms with van der Waals surface area (Å²) in [5.74, 6) is 0.0256. The molecular formula is C66H79BN12NaO18. The molecule has 2 saturated heterocycles. The quantitative estimate of drug-likeness (QED) is 0.0341. The van der Waals surface area contributed by atoms with E-state index in [-0.39, 0.29) is 84.6 Å². The molecule has 0 atom stereocenters. The van der Waals surface area contributed by atoms with Crippen LogP contribution in [0.25, 0.3) is 0 Å². The Balaban J connectivity index is 0.000000271. The van der Waals surface area contributed by atoms with Crippen molar-refractivity contribution in [3.8, 4) is 24.1 Å². The van der Waals surface area contributed by atoms with Crippen molar-refractivity contribution >= 4 is 73.9 Å². The van der Waals surface area contributed by atoms with E-state index in [1.807, 2.05) is 24.3 Å². The van der Waals surface area contributed by atoms with Crippen LogP contribution in [0.4, 0.5) is 17.5 Å². The van der Waals surface area contributed by atoms with Gasteiger partial charge in [-0.25, -0.2) is 34.3 Å². The van der Waals surface area contributed by atoms with Gasteiger partial charge in [0.05, 0.1) is 70.4 Å². The fraction of sp³-hybridized carbons (Fsp3) is 0.409. The normalized spacial score (nSPS) is 13.4. The number of nitriles is 1. The number of hydrogen-bond acceptors (Lipinski definition) is 26. The van der Waals surface area contributed by atoms with E-state index in [4.69, 9.17) is 43.6 Å². The molecule has 0 spiro atoms. The second kappa shape index (κ2) is 45.2. The van der Waals surface area contributed by atoms with Crippen LogP contribution in [-0.2, 0) is 108 Å². The molecule has 3 aromatic carbocycles. The van der Waals surface area contributed by atoms with E-state index in [0.29, 0.717) is 94.3 Å². The van der Waals surface area contributed by atoms with Crippen LogP contribution in [0.1, 0.15) is 101 Å². The molecule has 6 aromatic rings. The first kappa shape index (κ1) is 81.0. The molecule has 5 aliphatic heterocycles. The Morgan fingerprint density at radius 1 is 0.541 bits per heavy atom. The number of ether oxygens (including phenoxy) is 6. The molecule has 3 aromatic heterocycles. The minimum Gasteiger partial charge on any atom is -0.793 e. The van der Waals surface area contributed by atoms with Crippen LogP contribution in [0, 0.1) is 11.3 Å². The molecule has 2 N–H and O–H groups in total. The molecule has 3 amide bonds. The SMILES string of the molecule is C1CCNC1.CC(=O)OOC(C)=O.COCCOc1ncc2c(n1)N(Cc1ccc(C#N)cc1)C(=O)C2.COCCOc1ncc2c(n1)N(Cc1ccc(C=O)cc1)C(=O)C2.COCCOc1ncc2c(n1)N(Cc1ccc(CN3CCCC3)cc1)C(=O)C2.O=CO.[B-]OC(C)=O.[Na+]. The number of fused-ring (bicyclic) bond motifs is 3. The molecule has 11 rings (SSSR count). The van der Waals surface area contributed by atoms with E-state index >= 15 is 0 Å². The van der Waals surface area contributed by atoms with Crippen molar-refractivity contribution in [1.82, 2.24) is 40.1 Å². The maximum atomic E-state index is 12.5. The van der Waals surface area contributed by atoms with E-state index in [0.717, 1.165) is 60.1 Å². The number of aromatic nitrogens is 6. The number of rotatable bonds is 21. The first-order valence-corrected chi connectivity index (χ1v) is 30.6. The van der Waals surface area contributed by atoms with Crippen LogP contribution < -0.4 is 63.8 Å². The van der Waals surface area contributed by atoms with Gasteiger partial charge in [0.15, 0.2) is 0 Å². The Kier molecular flexibility index (Phi) is 37.4. The average Bonchev–Trinajstić information content (AvgIpc) is 1.66. The summed E-state index contributed by atoms with van der Waals surface area (Å²) in [5, 5.41) is 19.0. The Hall–Kier alpha value is -9.39. The van der Waals surface area contributed by atoms with Crippen LogP contribution in [-0.4, -0.2) is 183 Å². The van der Waals surface area contributed by atoms with E-state index in [1.165, 1.54) is 64.3 Å². The zero-order valence-corrected chi connectivity index (χ0v) is 58.0. The van der Waals surface area contributed by atoms with Crippen molar-refractivity contribution in [3.63, 3.8) is 0 Å². The number of nitrogens with one attached hydrogen (secondary N) is 1. The topological polar surface area (TPSA) is 366 Å². The summed E-state index contributed by atoms with van der Waals surface area (Å²) >= 11 is 0. The number of carbonyl (C=O) groups is 8. The van der Waals surface area contributed by atoms with E-state index < -0.39 is 17.9 Å². The number of carboxylic acid groups (broad SMARTS) is 1. The van der Waals surface area contributed by atoms with Gasteiger partial charge >= 0.3 is 59.5 Å². The Bertz CT molecular complexity index is 3530. The maximum absolute atomic E-state index is 12.5. The molecule has 3 radical (unpaired) electrons. The molecule has 0 bridgehead atoms. The number of anilines is 3. The molecule has 98 heavy (non-hydrogen) atoms. The van der Waals surface area contributed by atoms with E-state index in [1.54, 1.807) is 78.9 Å². The van der Waals surface area contributed by atoms with Gasteiger partial charge in [-0.15, -0.1) is 0 Å². The van der Waals surface area contributed by atoms with E-state index in [2.05, 4.69) is 92.9 Å². The first-order valence-electron chi connectivity index (χ1n) is 30.6. The number of likely N-dealkylation sites (tertiary alicyclic amines) is 1. The van der Waals surface area contributed by atoms with Gasteiger partial charge in [-0.1, -0.05) is 60.7 Å². The number of methoxy groups -OCH3 is 3. The largest absolute Gasteiger partial charge is 1.00 e. The number of hydrogen-bond donors (Lipinski definition) is 2. The molecule has 8 heterocycles. The minimum absolute atomic E-state index is 0. The molecule has 5 aliphatic rings. The van der Waals surface area contributed by atoms with Crippen molar-refractivity contribution < 1.29 is 116 Å². The summed E-state index contributed by atoms with van der Waals surface area (Å²) in [6.07, 6.45) is 12.0. The average molecular weight is 1360 g/mol. The van der Waals surface area contributed by atoms with Crippen LogP contribution in [0.3, 0.4) is 0 Å². The summed E-state index contributed by atoms with van der Waals surface area (Å²) in [6.45, 7) is 12.8.